The summed E-state index contributed by atoms with van der Waals surface area (Å²) in [7, 11) is 1.84. The molecule has 1 aliphatic rings. The van der Waals surface area contributed by atoms with Crippen molar-refractivity contribution in [1.82, 2.24) is 19.7 Å². The van der Waals surface area contributed by atoms with E-state index in [1.165, 1.54) is 11.1 Å². The first kappa shape index (κ1) is 18.2. The predicted molar refractivity (Wildman–Crippen MR) is 110 cm³/mol. The van der Waals surface area contributed by atoms with Crippen LogP contribution in [0.2, 0.25) is 0 Å². The van der Waals surface area contributed by atoms with E-state index >= 15 is 0 Å². The van der Waals surface area contributed by atoms with Gasteiger partial charge in [0.1, 0.15) is 6.33 Å². The molecule has 0 unspecified atom stereocenters. The van der Waals surface area contributed by atoms with Crippen LogP contribution in [-0.2, 0) is 13.6 Å². The fraction of sp³-hybridized carbons (Fsp3) is 0.318. The molecule has 2 aromatic carbocycles. The summed E-state index contributed by atoms with van der Waals surface area (Å²) in [6.45, 7) is 4.84. The van der Waals surface area contributed by atoms with Crippen molar-refractivity contribution >= 4 is 11.7 Å². The monoisotopic (exact) mass is 375 g/mol. The second kappa shape index (κ2) is 7.46. The zero-order valence-electron chi connectivity index (χ0n) is 16.5. The largest absolute Gasteiger partial charge is 0.322 e. The van der Waals surface area contributed by atoms with Crippen molar-refractivity contribution in [2.75, 3.05) is 5.32 Å². The summed E-state index contributed by atoms with van der Waals surface area (Å²) in [6.07, 6.45) is 3.80. The first-order valence-electron chi connectivity index (χ1n) is 9.59. The van der Waals surface area contributed by atoms with E-state index in [4.69, 9.17) is 0 Å². The molecule has 1 saturated carbocycles. The summed E-state index contributed by atoms with van der Waals surface area (Å²) in [6, 6.07) is 14.3. The molecule has 144 valence electrons. The van der Waals surface area contributed by atoms with E-state index in [1.807, 2.05) is 36.2 Å². The Hall–Kier alpha value is -3.15. The van der Waals surface area contributed by atoms with Crippen molar-refractivity contribution < 1.29 is 4.79 Å². The lowest BCUT2D eigenvalue weighted by Gasteiger charge is -2.23. The Morgan fingerprint density at radius 2 is 2.00 bits per heavy atom. The smallest absolute Gasteiger partial charge is 0.317 e. The Morgan fingerprint density at radius 3 is 2.68 bits per heavy atom. The van der Waals surface area contributed by atoms with Gasteiger partial charge in [-0.25, -0.2) is 9.78 Å². The molecule has 2 amide bonds. The minimum absolute atomic E-state index is 0.0631. The van der Waals surface area contributed by atoms with Crippen LogP contribution in [0, 0.1) is 13.8 Å². The first-order chi connectivity index (χ1) is 13.5. The summed E-state index contributed by atoms with van der Waals surface area (Å²) in [5.41, 5.74) is 5.32. The first-order valence-corrected chi connectivity index (χ1v) is 9.59. The molecule has 4 rings (SSSR count). The molecule has 0 saturated heterocycles. The number of benzene rings is 2. The maximum atomic E-state index is 13.0. The van der Waals surface area contributed by atoms with Gasteiger partial charge in [0, 0.05) is 30.9 Å². The number of amides is 2. The average molecular weight is 375 g/mol. The molecule has 1 heterocycles. The van der Waals surface area contributed by atoms with E-state index in [0.29, 0.717) is 18.4 Å². The predicted octanol–water partition coefficient (Wildman–Crippen LogP) is 4.30. The van der Waals surface area contributed by atoms with Gasteiger partial charge in [0.05, 0.1) is 0 Å². The number of hydrogen-bond donors (Lipinski definition) is 1. The van der Waals surface area contributed by atoms with Gasteiger partial charge in [-0.3, -0.25) is 4.68 Å². The quantitative estimate of drug-likeness (QED) is 0.723. The Labute approximate surface area is 165 Å². The molecule has 0 aliphatic heterocycles. The highest BCUT2D eigenvalue weighted by Crippen LogP contribution is 2.30. The van der Waals surface area contributed by atoms with Gasteiger partial charge in [0.2, 0.25) is 0 Å². The molecule has 1 N–H and O–H groups in total. The van der Waals surface area contributed by atoms with Crippen LogP contribution >= 0.6 is 0 Å². The van der Waals surface area contributed by atoms with Crippen molar-refractivity contribution in [1.29, 1.82) is 0 Å². The van der Waals surface area contributed by atoms with Gasteiger partial charge in [-0.2, -0.15) is 5.10 Å². The van der Waals surface area contributed by atoms with Crippen LogP contribution in [0.15, 0.2) is 48.8 Å². The van der Waals surface area contributed by atoms with Gasteiger partial charge in [-0.1, -0.05) is 30.3 Å². The highest BCUT2D eigenvalue weighted by atomic mass is 16.2. The van der Waals surface area contributed by atoms with Gasteiger partial charge in [0.25, 0.3) is 0 Å². The molecule has 0 atom stereocenters. The molecular formula is C22H25N5O. The third kappa shape index (κ3) is 4.06. The van der Waals surface area contributed by atoms with Crippen LogP contribution in [0.4, 0.5) is 10.5 Å². The number of carbonyl (C=O) groups excluding carboxylic acids is 1. The van der Waals surface area contributed by atoms with Gasteiger partial charge >= 0.3 is 6.03 Å². The summed E-state index contributed by atoms with van der Waals surface area (Å²) in [4.78, 5) is 19.2. The number of urea groups is 1. The molecule has 0 radical (unpaired) electrons. The third-order valence-electron chi connectivity index (χ3n) is 5.14. The molecule has 0 spiro atoms. The maximum Gasteiger partial charge on any atom is 0.322 e. The maximum absolute atomic E-state index is 13.0. The third-order valence-corrected chi connectivity index (χ3v) is 5.14. The molecule has 6 heteroatoms. The fourth-order valence-electron chi connectivity index (χ4n) is 3.25. The standard InChI is InChI=1S/C22H25N5O/c1-15-7-8-17(11-16(15)2)13-27(20-9-10-20)22(28)24-19-6-4-5-18(12-19)21-23-14-26(3)25-21/h4-8,11-12,14,20H,9-10,13H2,1-3H3,(H,24,28). The minimum atomic E-state index is -0.0631. The molecular weight excluding hydrogens is 350 g/mol. The molecule has 3 aromatic rings. The van der Waals surface area contributed by atoms with E-state index in [9.17, 15) is 4.79 Å². The number of anilines is 1. The Bertz CT molecular complexity index is 1010. The minimum Gasteiger partial charge on any atom is -0.317 e. The summed E-state index contributed by atoms with van der Waals surface area (Å²) < 4.78 is 1.67. The molecule has 0 bridgehead atoms. The van der Waals surface area contributed by atoms with Crippen LogP contribution in [0.25, 0.3) is 11.4 Å². The van der Waals surface area contributed by atoms with Gasteiger partial charge < -0.3 is 10.2 Å². The lowest BCUT2D eigenvalue weighted by atomic mass is 10.1. The lowest BCUT2D eigenvalue weighted by molar-refractivity contribution is 0.206. The van der Waals surface area contributed by atoms with Crippen molar-refractivity contribution in [3.8, 4) is 11.4 Å². The summed E-state index contributed by atoms with van der Waals surface area (Å²) in [5, 5.41) is 7.38. The van der Waals surface area contributed by atoms with Crippen LogP contribution in [-0.4, -0.2) is 31.7 Å². The normalized spacial score (nSPS) is 13.4. The lowest BCUT2D eigenvalue weighted by Crippen LogP contribution is -2.36. The van der Waals surface area contributed by atoms with E-state index in [2.05, 4.69) is 47.4 Å². The average Bonchev–Trinajstić information content (AvgIpc) is 3.42. The number of nitrogens with zero attached hydrogens (tertiary/aromatic N) is 4. The van der Waals surface area contributed by atoms with Gasteiger partial charge in [-0.15, -0.1) is 0 Å². The van der Waals surface area contributed by atoms with E-state index in [0.717, 1.165) is 29.7 Å². The van der Waals surface area contributed by atoms with Gasteiger partial charge in [0.15, 0.2) is 5.82 Å². The summed E-state index contributed by atoms with van der Waals surface area (Å²) >= 11 is 0. The zero-order valence-corrected chi connectivity index (χ0v) is 16.5. The second-order valence-electron chi connectivity index (χ2n) is 7.53. The molecule has 28 heavy (non-hydrogen) atoms. The van der Waals surface area contributed by atoms with E-state index < -0.39 is 0 Å². The number of nitrogens with one attached hydrogen (secondary N) is 1. The Balaban J connectivity index is 1.50. The SMILES string of the molecule is Cc1ccc(CN(C(=O)Nc2cccc(-c3ncn(C)n3)c2)C2CC2)cc1C. The van der Waals surface area contributed by atoms with Crippen LogP contribution in [0.1, 0.15) is 29.5 Å². The molecule has 1 aliphatic carbocycles. The number of carbonyl (C=O) groups is 1. The van der Waals surface area contributed by atoms with Crippen molar-refractivity contribution in [3.05, 3.63) is 65.5 Å². The summed E-state index contributed by atoms with van der Waals surface area (Å²) in [5.74, 6) is 0.646. The number of rotatable bonds is 5. The molecule has 6 nitrogen and oxygen atoms in total. The highest BCUT2D eigenvalue weighted by molar-refractivity contribution is 5.90. The molecule has 1 fully saturated rings. The van der Waals surface area contributed by atoms with Gasteiger partial charge in [-0.05, 0) is 55.5 Å². The molecule has 1 aromatic heterocycles. The van der Waals surface area contributed by atoms with E-state index in [1.54, 1.807) is 11.0 Å². The highest BCUT2D eigenvalue weighted by Gasteiger charge is 2.32. The van der Waals surface area contributed by atoms with E-state index in [-0.39, 0.29) is 6.03 Å². The topological polar surface area (TPSA) is 63.1 Å². The Kier molecular flexibility index (Phi) is 4.86. The zero-order chi connectivity index (χ0) is 19.7. The second-order valence-corrected chi connectivity index (χ2v) is 7.53. The number of aryl methyl sites for hydroxylation is 3. The number of aromatic nitrogens is 3. The van der Waals surface area contributed by atoms with Crippen LogP contribution in [0.5, 0.6) is 0 Å². The van der Waals surface area contributed by atoms with Crippen molar-refractivity contribution in [3.63, 3.8) is 0 Å². The fourth-order valence-corrected chi connectivity index (χ4v) is 3.25. The number of hydrogen-bond acceptors (Lipinski definition) is 3. The van der Waals surface area contributed by atoms with Crippen LogP contribution in [0.3, 0.4) is 0 Å². The van der Waals surface area contributed by atoms with Crippen molar-refractivity contribution in [2.45, 2.75) is 39.3 Å². The van der Waals surface area contributed by atoms with Crippen LogP contribution < -0.4 is 5.32 Å². The Morgan fingerprint density at radius 1 is 1.18 bits per heavy atom. The van der Waals surface area contributed by atoms with Crippen molar-refractivity contribution in [2.24, 2.45) is 7.05 Å².